The maximum absolute atomic E-state index is 12.5. The first kappa shape index (κ1) is 24.3. The number of ether oxygens (including phenoxy) is 2. The van der Waals surface area contributed by atoms with Crippen LogP contribution >= 0.6 is 35.3 Å². The molecule has 2 N–H and O–H groups in total. The molecule has 0 spiro atoms. The molecular weight excluding hydrogens is 501 g/mol. The maximum atomic E-state index is 12.5. The van der Waals surface area contributed by atoms with E-state index in [1.54, 1.807) is 30.5 Å². The Morgan fingerprint density at radius 3 is 2.50 bits per heavy atom. The van der Waals surface area contributed by atoms with E-state index in [0.29, 0.717) is 18.9 Å². The summed E-state index contributed by atoms with van der Waals surface area (Å²) in [6.45, 7) is 0.406. The van der Waals surface area contributed by atoms with E-state index in [9.17, 15) is 8.78 Å². The highest BCUT2D eigenvalue weighted by Crippen LogP contribution is 2.29. The fourth-order valence-corrected chi connectivity index (χ4v) is 3.09. The fourth-order valence-electron chi connectivity index (χ4n) is 2.44. The van der Waals surface area contributed by atoms with Crippen molar-refractivity contribution in [1.82, 2.24) is 15.6 Å². The summed E-state index contributed by atoms with van der Waals surface area (Å²) in [4.78, 5) is 8.59. The second-order valence-electron chi connectivity index (χ2n) is 5.65. The van der Waals surface area contributed by atoms with Crippen molar-refractivity contribution in [2.24, 2.45) is 4.99 Å². The van der Waals surface area contributed by atoms with Gasteiger partial charge in [0.1, 0.15) is 0 Å². The third kappa shape index (κ3) is 8.13. The van der Waals surface area contributed by atoms with Crippen molar-refractivity contribution in [3.8, 4) is 11.5 Å². The number of thiazole rings is 1. The second-order valence-corrected chi connectivity index (χ2v) is 6.71. The molecule has 0 aliphatic carbocycles. The number of halogens is 3. The zero-order valence-corrected chi connectivity index (χ0v) is 19.1. The van der Waals surface area contributed by atoms with Gasteiger partial charge in [-0.3, -0.25) is 4.99 Å². The van der Waals surface area contributed by atoms with E-state index < -0.39 is 6.61 Å². The Balaban J connectivity index is 0.00000392. The topological polar surface area (TPSA) is 67.8 Å². The van der Waals surface area contributed by atoms with Crippen LogP contribution in [0.4, 0.5) is 8.78 Å². The molecule has 10 heteroatoms. The smallest absolute Gasteiger partial charge is 0.387 e. The van der Waals surface area contributed by atoms with E-state index in [1.165, 1.54) is 7.11 Å². The highest BCUT2D eigenvalue weighted by atomic mass is 127. The van der Waals surface area contributed by atoms with Crippen LogP contribution < -0.4 is 20.1 Å². The van der Waals surface area contributed by atoms with Crippen molar-refractivity contribution in [2.75, 3.05) is 27.2 Å². The van der Waals surface area contributed by atoms with Crippen LogP contribution in [0.25, 0.3) is 0 Å². The van der Waals surface area contributed by atoms with Crippen molar-refractivity contribution >= 4 is 41.3 Å². The van der Waals surface area contributed by atoms with Gasteiger partial charge in [-0.2, -0.15) is 8.78 Å². The van der Waals surface area contributed by atoms with Crippen LogP contribution in [-0.4, -0.2) is 44.8 Å². The Labute approximate surface area is 184 Å². The Kier molecular flexibility index (Phi) is 11.0. The average Bonchev–Trinajstić information content (AvgIpc) is 3.05. The summed E-state index contributed by atoms with van der Waals surface area (Å²) in [7, 11) is 3.11. The van der Waals surface area contributed by atoms with Crippen LogP contribution in [-0.2, 0) is 12.8 Å². The van der Waals surface area contributed by atoms with E-state index in [0.717, 1.165) is 29.2 Å². The van der Waals surface area contributed by atoms with E-state index in [-0.39, 0.29) is 35.5 Å². The molecule has 0 saturated heterocycles. The maximum Gasteiger partial charge on any atom is 0.387 e. The molecule has 1 aromatic carbocycles. The number of benzene rings is 1. The number of guanidine groups is 1. The van der Waals surface area contributed by atoms with Gasteiger partial charge in [-0.15, -0.1) is 35.3 Å². The number of aryl methyl sites for hydroxylation is 1. The molecule has 0 radical (unpaired) electrons. The van der Waals surface area contributed by atoms with Gasteiger partial charge in [-0.05, 0) is 31.0 Å². The molecule has 2 aromatic rings. The Hall–Kier alpha value is -1.69. The molecule has 0 bridgehead atoms. The molecule has 0 aliphatic rings. The molecule has 0 fully saturated rings. The highest BCUT2D eigenvalue weighted by Gasteiger charge is 2.11. The number of aromatic nitrogens is 1. The first-order valence-electron chi connectivity index (χ1n) is 8.49. The number of nitrogens with one attached hydrogen (secondary N) is 2. The molecule has 0 saturated carbocycles. The van der Waals surface area contributed by atoms with Gasteiger partial charge in [0.15, 0.2) is 17.5 Å². The molecule has 1 aromatic heterocycles. The van der Waals surface area contributed by atoms with Gasteiger partial charge >= 0.3 is 6.61 Å². The third-order valence-corrected chi connectivity index (χ3v) is 4.54. The van der Waals surface area contributed by atoms with Gasteiger partial charge in [0.2, 0.25) is 0 Å². The number of nitrogens with zero attached hydrogens (tertiary/aromatic N) is 2. The second kappa shape index (κ2) is 12.7. The van der Waals surface area contributed by atoms with Crippen LogP contribution in [0.15, 0.2) is 28.6 Å². The molecular formula is C18H25F2IN4O2S. The van der Waals surface area contributed by atoms with Gasteiger partial charge in [0.05, 0.1) is 17.8 Å². The summed E-state index contributed by atoms with van der Waals surface area (Å²) in [6.07, 6.45) is 1.44. The lowest BCUT2D eigenvalue weighted by molar-refractivity contribution is -0.0512. The molecule has 0 unspecified atom stereocenters. The van der Waals surface area contributed by atoms with Gasteiger partial charge in [0, 0.05) is 31.9 Å². The third-order valence-electron chi connectivity index (χ3n) is 3.71. The molecule has 28 heavy (non-hydrogen) atoms. The summed E-state index contributed by atoms with van der Waals surface area (Å²) in [5.74, 6) is 0.993. The van der Waals surface area contributed by atoms with Crippen LogP contribution in [0, 0.1) is 6.92 Å². The SMILES string of the molecule is CN=C(NCCc1ccc(OC)c(OC(F)F)c1)NCCc1csc(C)n1.I. The first-order valence-corrected chi connectivity index (χ1v) is 9.37. The predicted octanol–water partition coefficient (Wildman–Crippen LogP) is 3.63. The number of alkyl halides is 2. The number of hydrogen-bond donors (Lipinski definition) is 2. The minimum atomic E-state index is -2.89. The lowest BCUT2D eigenvalue weighted by Gasteiger charge is -2.13. The first-order chi connectivity index (χ1) is 13.0. The molecule has 1 heterocycles. The number of rotatable bonds is 9. The van der Waals surface area contributed by atoms with Crippen LogP contribution in [0.5, 0.6) is 11.5 Å². The average molecular weight is 526 g/mol. The largest absolute Gasteiger partial charge is 0.493 e. The summed E-state index contributed by atoms with van der Waals surface area (Å²) in [5.41, 5.74) is 1.91. The van der Waals surface area contributed by atoms with E-state index in [4.69, 9.17) is 4.74 Å². The lowest BCUT2D eigenvalue weighted by atomic mass is 10.1. The Morgan fingerprint density at radius 2 is 1.93 bits per heavy atom. The molecule has 6 nitrogen and oxygen atoms in total. The molecule has 0 atom stereocenters. The summed E-state index contributed by atoms with van der Waals surface area (Å²) in [5, 5.41) is 9.54. The standard InChI is InChI=1S/C18H24F2N4O2S.HI/c1-12-24-14(11-27-12)7-9-23-18(21-2)22-8-6-13-4-5-15(25-3)16(10-13)26-17(19)20;/h4-5,10-11,17H,6-9H2,1-3H3,(H2,21,22,23);1H. The van der Waals surface area contributed by atoms with E-state index >= 15 is 0 Å². The van der Waals surface area contributed by atoms with Gasteiger partial charge in [0.25, 0.3) is 0 Å². The lowest BCUT2D eigenvalue weighted by Crippen LogP contribution is -2.39. The molecule has 2 rings (SSSR count). The van der Waals surface area contributed by atoms with Crippen molar-refractivity contribution in [1.29, 1.82) is 0 Å². The van der Waals surface area contributed by atoms with E-state index in [1.807, 2.05) is 13.0 Å². The summed E-state index contributed by atoms with van der Waals surface area (Å²) < 4.78 is 34.5. The normalized spacial score (nSPS) is 11.1. The van der Waals surface area contributed by atoms with Crippen LogP contribution in [0.2, 0.25) is 0 Å². The van der Waals surface area contributed by atoms with Gasteiger partial charge in [-0.1, -0.05) is 6.07 Å². The number of aliphatic imine (C=N–C) groups is 1. The Morgan fingerprint density at radius 1 is 1.21 bits per heavy atom. The molecule has 156 valence electrons. The summed E-state index contributed by atoms with van der Waals surface area (Å²) in [6, 6.07) is 5.00. The Bertz CT molecular complexity index is 759. The number of methoxy groups -OCH3 is 1. The quantitative estimate of drug-likeness (QED) is 0.297. The van der Waals surface area contributed by atoms with Crippen molar-refractivity contribution in [3.05, 3.63) is 39.8 Å². The van der Waals surface area contributed by atoms with E-state index in [2.05, 4.69) is 30.7 Å². The zero-order valence-electron chi connectivity index (χ0n) is 16.0. The van der Waals surface area contributed by atoms with Crippen molar-refractivity contribution < 1.29 is 18.3 Å². The van der Waals surface area contributed by atoms with Gasteiger partial charge in [-0.25, -0.2) is 4.98 Å². The summed E-state index contributed by atoms with van der Waals surface area (Å²) >= 11 is 1.64. The minimum Gasteiger partial charge on any atom is -0.493 e. The van der Waals surface area contributed by atoms with Crippen molar-refractivity contribution in [3.63, 3.8) is 0 Å². The molecule has 0 amide bonds. The zero-order chi connectivity index (χ0) is 19.6. The molecule has 0 aliphatic heterocycles. The minimum absolute atomic E-state index is 0. The fraction of sp³-hybridized carbons (Fsp3) is 0.444. The number of hydrogen-bond acceptors (Lipinski definition) is 5. The van der Waals surface area contributed by atoms with Crippen LogP contribution in [0.3, 0.4) is 0 Å². The monoisotopic (exact) mass is 526 g/mol. The van der Waals surface area contributed by atoms with Crippen LogP contribution in [0.1, 0.15) is 16.3 Å². The van der Waals surface area contributed by atoms with Gasteiger partial charge < -0.3 is 20.1 Å². The van der Waals surface area contributed by atoms with Crippen molar-refractivity contribution in [2.45, 2.75) is 26.4 Å². The highest BCUT2D eigenvalue weighted by molar-refractivity contribution is 14.0. The predicted molar refractivity (Wildman–Crippen MR) is 119 cm³/mol.